The first-order valence-corrected chi connectivity index (χ1v) is 9.45. The number of ether oxygens (including phenoxy) is 1. The van der Waals surface area contributed by atoms with E-state index in [1.165, 1.54) is 19.3 Å². The Hall–Kier alpha value is -1.84. The highest BCUT2D eigenvalue weighted by Gasteiger charge is 2.51. The quantitative estimate of drug-likeness (QED) is 0.834. The topological polar surface area (TPSA) is 55.4 Å². The van der Waals surface area contributed by atoms with E-state index in [4.69, 9.17) is 4.74 Å². The Morgan fingerprint density at radius 2 is 1.72 bits per heavy atom. The number of amides is 1. The number of carbonyl (C=O) groups is 2. The minimum absolute atomic E-state index is 0.00500. The highest BCUT2D eigenvalue weighted by atomic mass is 16.5. The van der Waals surface area contributed by atoms with Crippen LogP contribution < -0.4 is 10.1 Å². The highest BCUT2D eigenvalue weighted by molar-refractivity contribution is 5.94. The van der Waals surface area contributed by atoms with Gasteiger partial charge in [-0.05, 0) is 81.4 Å². The standard InChI is InChI=1S/C21H27NO3/c1-13(23)17-3-4-19(25-2)18(8-17)9-20(24)22-21-10-14-5-15(11-21)7-16(6-14)12-21/h3-4,8,14-16H,5-7,9-12H2,1-2H3,(H,22,24). The molecule has 1 amide bonds. The molecule has 25 heavy (non-hydrogen) atoms. The third-order valence-electron chi connectivity index (χ3n) is 6.48. The summed E-state index contributed by atoms with van der Waals surface area (Å²) in [7, 11) is 1.60. The van der Waals surface area contributed by atoms with Gasteiger partial charge in [0.25, 0.3) is 0 Å². The van der Waals surface area contributed by atoms with Crippen LogP contribution in [-0.2, 0) is 11.2 Å². The van der Waals surface area contributed by atoms with Crippen molar-refractivity contribution in [3.8, 4) is 5.75 Å². The van der Waals surface area contributed by atoms with Crippen LogP contribution in [0.1, 0.15) is 61.4 Å². The van der Waals surface area contributed by atoms with Gasteiger partial charge in [-0.2, -0.15) is 0 Å². The minimum Gasteiger partial charge on any atom is -0.496 e. The summed E-state index contributed by atoms with van der Waals surface area (Å²) in [6.07, 6.45) is 7.81. The molecule has 0 unspecified atom stereocenters. The molecule has 5 rings (SSSR count). The number of ketones is 1. The van der Waals surface area contributed by atoms with E-state index in [1.54, 1.807) is 32.2 Å². The van der Waals surface area contributed by atoms with E-state index in [1.807, 2.05) is 0 Å². The summed E-state index contributed by atoms with van der Waals surface area (Å²) >= 11 is 0. The van der Waals surface area contributed by atoms with E-state index < -0.39 is 0 Å². The second-order valence-corrected chi connectivity index (χ2v) is 8.51. The summed E-state index contributed by atoms with van der Waals surface area (Å²) < 4.78 is 5.38. The fourth-order valence-electron chi connectivity index (χ4n) is 5.91. The van der Waals surface area contributed by atoms with Crippen molar-refractivity contribution in [2.24, 2.45) is 17.8 Å². The molecular formula is C21H27NO3. The fraction of sp³-hybridized carbons (Fsp3) is 0.619. The Labute approximate surface area is 149 Å². The van der Waals surface area contributed by atoms with Gasteiger partial charge in [0, 0.05) is 16.7 Å². The maximum atomic E-state index is 12.8. The summed E-state index contributed by atoms with van der Waals surface area (Å²) in [5, 5.41) is 3.39. The lowest BCUT2D eigenvalue weighted by Gasteiger charge is -2.56. The Balaban J connectivity index is 1.49. The van der Waals surface area contributed by atoms with Crippen molar-refractivity contribution >= 4 is 11.7 Å². The van der Waals surface area contributed by atoms with Gasteiger partial charge in [-0.3, -0.25) is 9.59 Å². The van der Waals surface area contributed by atoms with Crippen LogP contribution in [0.4, 0.5) is 0 Å². The number of hydrogen-bond donors (Lipinski definition) is 1. The van der Waals surface area contributed by atoms with Gasteiger partial charge in [0.05, 0.1) is 13.5 Å². The lowest BCUT2D eigenvalue weighted by atomic mass is 9.53. The van der Waals surface area contributed by atoms with Crippen molar-refractivity contribution in [2.75, 3.05) is 7.11 Å². The lowest BCUT2D eigenvalue weighted by Crippen LogP contribution is -2.60. The molecule has 0 aliphatic heterocycles. The molecule has 0 heterocycles. The number of nitrogens with one attached hydrogen (secondary N) is 1. The molecule has 4 aliphatic carbocycles. The fourth-order valence-corrected chi connectivity index (χ4v) is 5.91. The molecule has 4 nitrogen and oxygen atoms in total. The van der Waals surface area contributed by atoms with Gasteiger partial charge in [-0.15, -0.1) is 0 Å². The lowest BCUT2D eigenvalue weighted by molar-refractivity contribution is -0.126. The Morgan fingerprint density at radius 1 is 1.12 bits per heavy atom. The van der Waals surface area contributed by atoms with Crippen molar-refractivity contribution in [3.05, 3.63) is 29.3 Å². The molecule has 0 aromatic heterocycles. The monoisotopic (exact) mass is 341 g/mol. The highest BCUT2D eigenvalue weighted by Crippen LogP contribution is 2.55. The largest absolute Gasteiger partial charge is 0.496 e. The van der Waals surface area contributed by atoms with Gasteiger partial charge in [0.15, 0.2) is 5.78 Å². The second kappa shape index (κ2) is 6.15. The van der Waals surface area contributed by atoms with E-state index in [0.29, 0.717) is 11.3 Å². The maximum absolute atomic E-state index is 12.8. The minimum atomic E-state index is 0.00500. The van der Waals surface area contributed by atoms with Gasteiger partial charge in [-0.1, -0.05) is 0 Å². The number of rotatable bonds is 5. The Kier molecular flexibility index (Phi) is 4.09. The predicted molar refractivity (Wildman–Crippen MR) is 95.7 cm³/mol. The third-order valence-corrected chi connectivity index (χ3v) is 6.48. The van der Waals surface area contributed by atoms with Crippen molar-refractivity contribution in [2.45, 2.75) is 57.4 Å². The molecule has 0 saturated heterocycles. The number of methoxy groups -OCH3 is 1. The van der Waals surface area contributed by atoms with Gasteiger partial charge < -0.3 is 10.1 Å². The summed E-state index contributed by atoms with van der Waals surface area (Å²) in [6.45, 7) is 1.54. The molecule has 4 bridgehead atoms. The molecule has 4 aliphatic rings. The van der Waals surface area contributed by atoms with E-state index in [9.17, 15) is 9.59 Å². The molecule has 1 N–H and O–H groups in total. The summed E-state index contributed by atoms with van der Waals surface area (Å²) in [6, 6.07) is 5.33. The zero-order chi connectivity index (χ0) is 17.6. The van der Waals surface area contributed by atoms with Crippen LogP contribution in [0, 0.1) is 17.8 Å². The molecule has 1 aromatic carbocycles. The first-order valence-electron chi connectivity index (χ1n) is 9.45. The SMILES string of the molecule is COc1ccc(C(C)=O)cc1CC(=O)NC12CC3CC(CC(C3)C1)C2. The van der Waals surface area contributed by atoms with E-state index in [2.05, 4.69) is 5.32 Å². The van der Waals surface area contributed by atoms with Crippen LogP contribution in [-0.4, -0.2) is 24.3 Å². The van der Waals surface area contributed by atoms with Crippen LogP contribution in [0.3, 0.4) is 0 Å². The first kappa shape index (κ1) is 16.6. The molecule has 134 valence electrons. The van der Waals surface area contributed by atoms with E-state index in [0.717, 1.165) is 42.6 Å². The Bertz CT molecular complexity index is 674. The van der Waals surface area contributed by atoms with Gasteiger partial charge >= 0.3 is 0 Å². The summed E-state index contributed by atoms with van der Waals surface area (Å²) in [5.41, 5.74) is 1.44. The van der Waals surface area contributed by atoms with E-state index in [-0.39, 0.29) is 23.7 Å². The van der Waals surface area contributed by atoms with Crippen molar-refractivity contribution in [3.63, 3.8) is 0 Å². The van der Waals surface area contributed by atoms with E-state index >= 15 is 0 Å². The van der Waals surface area contributed by atoms with Crippen LogP contribution in [0.15, 0.2) is 18.2 Å². The summed E-state index contributed by atoms with van der Waals surface area (Å²) in [4.78, 5) is 24.4. The van der Waals surface area contributed by atoms with Crippen LogP contribution in [0.5, 0.6) is 5.75 Å². The zero-order valence-corrected chi connectivity index (χ0v) is 15.1. The molecule has 0 spiro atoms. The molecule has 4 heteroatoms. The van der Waals surface area contributed by atoms with Crippen molar-refractivity contribution in [1.29, 1.82) is 0 Å². The third kappa shape index (κ3) is 3.19. The van der Waals surface area contributed by atoms with Crippen molar-refractivity contribution < 1.29 is 14.3 Å². The molecule has 1 aromatic rings. The molecule has 0 atom stereocenters. The molecular weight excluding hydrogens is 314 g/mol. The smallest absolute Gasteiger partial charge is 0.224 e. The molecule has 0 radical (unpaired) electrons. The first-order chi connectivity index (χ1) is 12.0. The predicted octanol–water partition coefficient (Wildman–Crippen LogP) is 3.53. The van der Waals surface area contributed by atoms with Crippen LogP contribution in [0.25, 0.3) is 0 Å². The average molecular weight is 341 g/mol. The van der Waals surface area contributed by atoms with Gasteiger partial charge in [0.2, 0.25) is 5.91 Å². The number of Topliss-reactive ketones (excluding diaryl/α,β-unsaturated/α-hetero) is 1. The van der Waals surface area contributed by atoms with Gasteiger partial charge in [0.1, 0.15) is 5.75 Å². The number of carbonyl (C=O) groups excluding carboxylic acids is 2. The maximum Gasteiger partial charge on any atom is 0.224 e. The second-order valence-electron chi connectivity index (χ2n) is 8.51. The van der Waals surface area contributed by atoms with Crippen LogP contribution in [0.2, 0.25) is 0 Å². The average Bonchev–Trinajstić information content (AvgIpc) is 2.52. The molecule has 4 saturated carbocycles. The number of benzene rings is 1. The van der Waals surface area contributed by atoms with Gasteiger partial charge in [-0.25, -0.2) is 0 Å². The summed E-state index contributed by atoms with van der Waals surface area (Å²) in [5.74, 6) is 3.16. The van der Waals surface area contributed by atoms with Crippen LogP contribution >= 0.6 is 0 Å². The number of hydrogen-bond acceptors (Lipinski definition) is 3. The Morgan fingerprint density at radius 3 is 2.24 bits per heavy atom. The normalized spacial score (nSPS) is 32.5. The zero-order valence-electron chi connectivity index (χ0n) is 15.1. The van der Waals surface area contributed by atoms with Crippen molar-refractivity contribution in [1.82, 2.24) is 5.32 Å². The molecule has 4 fully saturated rings.